The number of aryl methyl sites for hydroxylation is 1. The minimum atomic E-state index is -0.152. The average Bonchev–Trinajstić information content (AvgIpc) is 2.92. The number of hydrogen-bond donors (Lipinski definition) is 0. The molecule has 1 saturated heterocycles. The van der Waals surface area contributed by atoms with Gasteiger partial charge in [-0.15, -0.1) is 0 Å². The summed E-state index contributed by atoms with van der Waals surface area (Å²) in [7, 11) is 1.91. The summed E-state index contributed by atoms with van der Waals surface area (Å²) in [6.45, 7) is 2.73. The zero-order chi connectivity index (χ0) is 15.7. The van der Waals surface area contributed by atoms with Crippen LogP contribution < -0.4 is 0 Å². The molecule has 2 aliphatic rings. The molecule has 0 bridgehead atoms. The minimum absolute atomic E-state index is 0.0659. The molecule has 6 heteroatoms. The fourth-order valence-corrected chi connectivity index (χ4v) is 3.37. The van der Waals surface area contributed by atoms with Crippen molar-refractivity contribution >= 4 is 11.8 Å². The SMILES string of the molecule is Cc1cc(C(=O)N2CC(C(=O)N(C)C3CCCCC3)C2)no1. The van der Waals surface area contributed by atoms with E-state index in [1.54, 1.807) is 17.9 Å². The summed E-state index contributed by atoms with van der Waals surface area (Å²) in [5.74, 6) is 0.575. The van der Waals surface area contributed by atoms with Crippen molar-refractivity contribution in [3.8, 4) is 0 Å². The molecule has 1 aromatic heterocycles. The van der Waals surface area contributed by atoms with Gasteiger partial charge in [-0.3, -0.25) is 9.59 Å². The molecule has 1 aromatic rings. The van der Waals surface area contributed by atoms with E-state index in [9.17, 15) is 9.59 Å². The molecular formula is C16H23N3O3. The molecule has 2 heterocycles. The minimum Gasteiger partial charge on any atom is -0.361 e. The first kappa shape index (κ1) is 15.1. The number of carbonyl (C=O) groups excluding carboxylic acids is 2. The number of likely N-dealkylation sites (tertiary alicyclic amines) is 1. The van der Waals surface area contributed by atoms with Crippen molar-refractivity contribution < 1.29 is 14.1 Å². The molecule has 3 rings (SSSR count). The Hall–Kier alpha value is -1.85. The van der Waals surface area contributed by atoms with E-state index in [4.69, 9.17) is 4.52 Å². The van der Waals surface area contributed by atoms with Crippen molar-refractivity contribution in [2.75, 3.05) is 20.1 Å². The highest BCUT2D eigenvalue weighted by Gasteiger charge is 2.39. The van der Waals surface area contributed by atoms with E-state index in [0.717, 1.165) is 12.8 Å². The molecule has 120 valence electrons. The largest absolute Gasteiger partial charge is 0.361 e. The smallest absolute Gasteiger partial charge is 0.276 e. The molecule has 1 aliphatic carbocycles. The molecule has 1 aliphatic heterocycles. The Labute approximate surface area is 130 Å². The normalized spacial score (nSPS) is 19.8. The number of hydrogen-bond acceptors (Lipinski definition) is 4. The van der Waals surface area contributed by atoms with Crippen molar-refractivity contribution in [3.05, 3.63) is 17.5 Å². The van der Waals surface area contributed by atoms with Gasteiger partial charge in [0.25, 0.3) is 5.91 Å². The van der Waals surface area contributed by atoms with E-state index in [2.05, 4.69) is 5.16 Å². The molecule has 22 heavy (non-hydrogen) atoms. The maximum atomic E-state index is 12.5. The summed E-state index contributed by atoms with van der Waals surface area (Å²) < 4.78 is 4.92. The van der Waals surface area contributed by atoms with Crippen LogP contribution in [0.4, 0.5) is 0 Å². The van der Waals surface area contributed by atoms with Gasteiger partial charge < -0.3 is 14.3 Å². The van der Waals surface area contributed by atoms with Gasteiger partial charge in [0.05, 0.1) is 5.92 Å². The van der Waals surface area contributed by atoms with E-state index >= 15 is 0 Å². The van der Waals surface area contributed by atoms with Gasteiger partial charge >= 0.3 is 0 Å². The first-order valence-corrected chi connectivity index (χ1v) is 8.05. The molecule has 1 saturated carbocycles. The zero-order valence-electron chi connectivity index (χ0n) is 13.2. The summed E-state index contributed by atoms with van der Waals surface area (Å²) in [6.07, 6.45) is 5.92. The summed E-state index contributed by atoms with van der Waals surface area (Å²) >= 11 is 0. The Kier molecular flexibility index (Phi) is 4.18. The molecule has 0 radical (unpaired) electrons. The van der Waals surface area contributed by atoms with Crippen LogP contribution in [-0.2, 0) is 4.79 Å². The predicted molar refractivity (Wildman–Crippen MR) is 80.3 cm³/mol. The fourth-order valence-electron chi connectivity index (χ4n) is 3.37. The van der Waals surface area contributed by atoms with Crippen LogP contribution in [0.1, 0.15) is 48.4 Å². The van der Waals surface area contributed by atoms with Gasteiger partial charge in [-0.2, -0.15) is 0 Å². The number of carbonyl (C=O) groups is 2. The van der Waals surface area contributed by atoms with Crippen LogP contribution in [0.3, 0.4) is 0 Å². The molecular weight excluding hydrogens is 282 g/mol. The third kappa shape index (κ3) is 2.87. The first-order chi connectivity index (χ1) is 10.6. The fraction of sp³-hybridized carbons (Fsp3) is 0.688. The average molecular weight is 305 g/mol. The molecule has 0 unspecified atom stereocenters. The maximum absolute atomic E-state index is 12.5. The van der Waals surface area contributed by atoms with Crippen molar-refractivity contribution in [2.24, 2.45) is 5.92 Å². The first-order valence-electron chi connectivity index (χ1n) is 8.05. The predicted octanol–water partition coefficient (Wildman–Crippen LogP) is 1.85. The molecule has 2 fully saturated rings. The van der Waals surface area contributed by atoms with Crippen molar-refractivity contribution in [1.82, 2.24) is 15.0 Å². The van der Waals surface area contributed by atoms with Gasteiger partial charge in [0.2, 0.25) is 5.91 Å². The molecule has 0 spiro atoms. The quantitative estimate of drug-likeness (QED) is 0.854. The van der Waals surface area contributed by atoms with E-state index in [-0.39, 0.29) is 17.7 Å². The van der Waals surface area contributed by atoms with Gasteiger partial charge in [0, 0.05) is 32.2 Å². The van der Waals surface area contributed by atoms with Crippen LogP contribution in [0.15, 0.2) is 10.6 Å². The number of nitrogens with zero attached hydrogens (tertiary/aromatic N) is 3. The maximum Gasteiger partial charge on any atom is 0.276 e. The van der Waals surface area contributed by atoms with Crippen molar-refractivity contribution in [3.63, 3.8) is 0 Å². The lowest BCUT2D eigenvalue weighted by Crippen LogP contribution is -2.57. The topological polar surface area (TPSA) is 66.7 Å². The number of rotatable bonds is 3. The molecule has 0 N–H and O–H groups in total. The van der Waals surface area contributed by atoms with Gasteiger partial charge in [-0.1, -0.05) is 24.4 Å². The summed E-state index contributed by atoms with van der Waals surface area (Å²) in [6, 6.07) is 2.01. The Bertz CT molecular complexity index is 557. The monoisotopic (exact) mass is 305 g/mol. The summed E-state index contributed by atoms with van der Waals surface area (Å²) in [4.78, 5) is 28.2. The second-order valence-corrected chi connectivity index (χ2v) is 6.47. The highest BCUT2D eigenvalue weighted by atomic mass is 16.5. The third-order valence-electron chi connectivity index (χ3n) is 4.84. The van der Waals surface area contributed by atoms with Gasteiger partial charge in [-0.05, 0) is 19.8 Å². The highest BCUT2D eigenvalue weighted by molar-refractivity contribution is 5.94. The van der Waals surface area contributed by atoms with E-state index in [1.807, 2.05) is 11.9 Å². The van der Waals surface area contributed by atoms with Crippen LogP contribution in [0.5, 0.6) is 0 Å². The van der Waals surface area contributed by atoms with Crippen LogP contribution in [0, 0.1) is 12.8 Å². The molecule has 6 nitrogen and oxygen atoms in total. The highest BCUT2D eigenvalue weighted by Crippen LogP contribution is 2.26. The van der Waals surface area contributed by atoms with Crippen LogP contribution in [-0.4, -0.2) is 52.9 Å². The van der Waals surface area contributed by atoms with Crippen molar-refractivity contribution in [2.45, 2.75) is 45.1 Å². The van der Waals surface area contributed by atoms with E-state index < -0.39 is 0 Å². The Morgan fingerprint density at radius 3 is 2.55 bits per heavy atom. The summed E-state index contributed by atoms with van der Waals surface area (Å²) in [5, 5.41) is 3.74. The molecule has 2 amide bonds. The zero-order valence-corrected chi connectivity index (χ0v) is 13.2. The lowest BCUT2D eigenvalue weighted by atomic mass is 9.92. The van der Waals surface area contributed by atoms with Crippen LogP contribution in [0.2, 0.25) is 0 Å². The Balaban J connectivity index is 1.51. The Morgan fingerprint density at radius 1 is 1.27 bits per heavy atom. The Morgan fingerprint density at radius 2 is 1.95 bits per heavy atom. The lowest BCUT2D eigenvalue weighted by molar-refractivity contribution is -0.141. The van der Waals surface area contributed by atoms with Gasteiger partial charge in [0.1, 0.15) is 5.76 Å². The van der Waals surface area contributed by atoms with Crippen LogP contribution >= 0.6 is 0 Å². The lowest BCUT2D eigenvalue weighted by Gasteiger charge is -2.41. The summed E-state index contributed by atoms with van der Waals surface area (Å²) in [5.41, 5.74) is 0.323. The van der Waals surface area contributed by atoms with Crippen molar-refractivity contribution in [1.29, 1.82) is 0 Å². The number of amides is 2. The van der Waals surface area contributed by atoms with E-state index in [1.165, 1.54) is 19.3 Å². The standard InChI is InChI=1S/C16H23N3O3/c1-11-8-14(17-22-11)16(21)19-9-12(10-19)15(20)18(2)13-6-4-3-5-7-13/h8,12-13H,3-7,9-10H2,1-2H3. The van der Waals surface area contributed by atoms with Gasteiger partial charge in [-0.25, -0.2) is 0 Å². The molecule has 0 atom stereocenters. The molecule has 0 aromatic carbocycles. The number of aromatic nitrogens is 1. The van der Waals surface area contributed by atoms with E-state index in [0.29, 0.717) is 30.6 Å². The third-order valence-corrected chi connectivity index (χ3v) is 4.84. The second kappa shape index (κ2) is 6.10. The second-order valence-electron chi connectivity index (χ2n) is 6.47. The van der Waals surface area contributed by atoms with Gasteiger partial charge in [0.15, 0.2) is 5.69 Å². The van der Waals surface area contributed by atoms with Crippen LogP contribution in [0.25, 0.3) is 0 Å².